The van der Waals surface area contributed by atoms with Crippen LogP contribution in [0, 0.1) is 17.3 Å². The van der Waals surface area contributed by atoms with Crippen LogP contribution in [0.4, 0.5) is 0 Å². The second kappa shape index (κ2) is 9.56. The van der Waals surface area contributed by atoms with E-state index in [1.54, 1.807) is 6.92 Å². The molecule has 130 valence electrons. The Morgan fingerprint density at radius 1 is 1.13 bits per heavy atom. The molecule has 23 heavy (non-hydrogen) atoms. The quantitative estimate of drug-likeness (QED) is 0.233. The zero-order valence-corrected chi connectivity index (χ0v) is 16.5. The molecule has 0 saturated heterocycles. The number of carbonyl (C=O) groups is 2. The van der Waals surface area contributed by atoms with Gasteiger partial charge in [-0.1, -0.05) is 50.9 Å². The summed E-state index contributed by atoms with van der Waals surface area (Å²) in [5.41, 5.74) is -1.33. The fourth-order valence-electron chi connectivity index (χ4n) is 1.97. The first-order valence-electron chi connectivity index (χ1n) is 7.99. The molecule has 0 unspecified atom stereocenters. The summed E-state index contributed by atoms with van der Waals surface area (Å²) in [7, 11) is 0.897. The molecule has 0 saturated carbocycles. The molecule has 0 amide bonds. The predicted octanol–water partition coefficient (Wildman–Crippen LogP) is 3.73. The SMILES string of the molecule is CCCCC#C/C(=C\CC(C)(C(=O)OC)C(=O)OC)[Si](C)(C)C. The van der Waals surface area contributed by atoms with Crippen LogP contribution in [-0.2, 0) is 19.1 Å². The third-order valence-electron chi connectivity index (χ3n) is 3.67. The largest absolute Gasteiger partial charge is 0.468 e. The van der Waals surface area contributed by atoms with E-state index in [1.807, 2.05) is 6.08 Å². The predicted molar refractivity (Wildman–Crippen MR) is 95.5 cm³/mol. The highest BCUT2D eigenvalue weighted by Crippen LogP contribution is 2.28. The number of unbranched alkanes of at least 4 members (excludes halogenated alkanes) is 2. The summed E-state index contributed by atoms with van der Waals surface area (Å²) in [6, 6.07) is 0. The summed E-state index contributed by atoms with van der Waals surface area (Å²) in [5.74, 6) is 5.27. The minimum Gasteiger partial charge on any atom is -0.468 e. The van der Waals surface area contributed by atoms with Crippen molar-refractivity contribution < 1.29 is 19.1 Å². The van der Waals surface area contributed by atoms with E-state index < -0.39 is 25.4 Å². The highest BCUT2D eigenvalue weighted by Gasteiger charge is 2.43. The third kappa shape index (κ3) is 6.62. The van der Waals surface area contributed by atoms with Crippen molar-refractivity contribution in [1.82, 2.24) is 0 Å². The van der Waals surface area contributed by atoms with Crippen LogP contribution < -0.4 is 0 Å². The van der Waals surface area contributed by atoms with Gasteiger partial charge in [-0.05, 0) is 25.0 Å². The van der Waals surface area contributed by atoms with Crippen LogP contribution in [-0.4, -0.2) is 34.2 Å². The number of hydrogen-bond donors (Lipinski definition) is 0. The first-order chi connectivity index (χ1) is 10.6. The third-order valence-corrected chi connectivity index (χ3v) is 5.62. The molecule has 0 heterocycles. The van der Waals surface area contributed by atoms with Gasteiger partial charge in [-0.15, -0.1) is 0 Å². The Hall–Kier alpha value is -1.54. The monoisotopic (exact) mass is 338 g/mol. The lowest BCUT2D eigenvalue weighted by molar-refractivity contribution is -0.167. The molecule has 5 heteroatoms. The van der Waals surface area contributed by atoms with Crippen LogP contribution in [0.2, 0.25) is 19.6 Å². The fraction of sp³-hybridized carbons (Fsp3) is 0.667. The Morgan fingerprint density at radius 3 is 2.04 bits per heavy atom. The van der Waals surface area contributed by atoms with Gasteiger partial charge in [-0.25, -0.2) is 0 Å². The lowest BCUT2D eigenvalue weighted by atomic mass is 9.86. The van der Waals surface area contributed by atoms with E-state index in [0.29, 0.717) is 0 Å². The van der Waals surface area contributed by atoms with Crippen molar-refractivity contribution in [3.05, 3.63) is 11.3 Å². The van der Waals surface area contributed by atoms with Gasteiger partial charge in [0.15, 0.2) is 5.41 Å². The van der Waals surface area contributed by atoms with Gasteiger partial charge in [-0.3, -0.25) is 9.59 Å². The summed E-state index contributed by atoms with van der Waals surface area (Å²) in [6.07, 6.45) is 5.20. The lowest BCUT2D eigenvalue weighted by Gasteiger charge is -2.23. The molecular weight excluding hydrogens is 308 g/mol. The van der Waals surface area contributed by atoms with Crippen molar-refractivity contribution in [2.24, 2.45) is 5.41 Å². The zero-order chi connectivity index (χ0) is 18.1. The van der Waals surface area contributed by atoms with Crippen LogP contribution in [0.15, 0.2) is 11.3 Å². The van der Waals surface area contributed by atoms with E-state index in [2.05, 4.69) is 38.4 Å². The first-order valence-corrected chi connectivity index (χ1v) is 11.5. The summed E-state index contributed by atoms with van der Waals surface area (Å²) >= 11 is 0. The second-order valence-corrected chi connectivity index (χ2v) is 11.8. The van der Waals surface area contributed by atoms with Crippen LogP contribution in [0.3, 0.4) is 0 Å². The van der Waals surface area contributed by atoms with Crippen molar-refractivity contribution >= 4 is 20.0 Å². The molecule has 0 spiro atoms. The molecular formula is C18H30O4Si. The number of hydrogen-bond acceptors (Lipinski definition) is 4. The molecule has 0 rings (SSSR count). The van der Waals surface area contributed by atoms with Gasteiger partial charge in [0.05, 0.1) is 22.3 Å². The van der Waals surface area contributed by atoms with Crippen LogP contribution >= 0.6 is 0 Å². The van der Waals surface area contributed by atoms with E-state index >= 15 is 0 Å². The Kier molecular flexibility index (Phi) is 8.92. The van der Waals surface area contributed by atoms with E-state index in [-0.39, 0.29) is 6.42 Å². The topological polar surface area (TPSA) is 52.6 Å². The number of allylic oxidation sites excluding steroid dienone is 2. The van der Waals surface area contributed by atoms with Gasteiger partial charge in [0, 0.05) is 6.42 Å². The Labute approximate surface area is 141 Å². The summed E-state index contributed by atoms with van der Waals surface area (Å²) in [4.78, 5) is 24.0. The Bertz CT molecular complexity index is 487. The highest BCUT2D eigenvalue weighted by molar-refractivity contribution is 6.84. The van der Waals surface area contributed by atoms with E-state index in [1.165, 1.54) is 14.2 Å². The maximum atomic E-state index is 12.0. The van der Waals surface area contributed by atoms with Crippen LogP contribution in [0.1, 0.15) is 39.5 Å². The molecule has 0 aromatic heterocycles. The van der Waals surface area contributed by atoms with Gasteiger partial charge in [0.2, 0.25) is 0 Å². The molecule has 0 radical (unpaired) electrons. The smallest absolute Gasteiger partial charge is 0.323 e. The summed E-state index contributed by atoms with van der Waals surface area (Å²) < 4.78 is 9.55. The van der Waals surface area contributed by atoms with E-state index in [9.17, 15) is 9.59 Å². The molecule has 0 atom stereocenters. The van der Waals surface area contributed by atoms with Crippen molar-refractivity contribution in [3.8, 4) is 11.8 Å². The Morgan fingerprint density at radius 2 is 1.65 bits per heavy atom. The van der Waals surface area contributed by atoms with Crippen LogP contribution in [0.25, 0.3) is 0 Å². The number of rotatable bonds is 7. The zero-order valence-electron chi connectivity index (χ0n) is 15.5. The Balaban J connectivity index is 5.49. The molecule has 0 N–H and O–H groups in total. The molecule has 4 nitrogen and oxygen atoms in total. The number of methoxy groups -OCH3 is 2. The van der Waals surface area contributed by atoms with Gasteiger partial charge in [-0.2, -0.15) is 0 Å². The lowest BCUT2D eigenvalue weighted by Crippen LogP contribution is -2.38. The van der Waals surface area contributed by atoms with Gasteiger partial charge in [0.1, 0.15) is 0 Å². The molecule has 0 aliphatic rings. The fourth-order valence-corrected chi connectivity index (χ4v) is 3.15. The minimum atomic E-state index is -1.65. The highest BCUT2D eigenvalue weighted by atomic mass is 28.3. The molecule has 0 bridgehead atoms. The maximum absolute atomic E-state index is 12.0. The average Bonchev–Trinajstić information content (AvgIpc) is 2.50. The van der Waals surface area contributed by atoms with Gasteiger partial charge < -0.3 is 9.47 Å². The van der Waals surface area contributed by atoms with Crippen molar-refractivity contribution in [3.63, 3.8) is 0 Å². The van der Waals surface area contributed by atoms with Gasteiger partial charge >= 0.3 is 11.9 Å². The number of ether oxygens (including phenoxy) is 2. The minimum absolute atomic E-state index is 0.231. The average molecular weight is 339 g/mol. The van der Waals surface area contributed by atoms with Crippen molar-refractivity contribution in [2.75, 3.05) is 14.2 Å². The van der Waals surface area contributed by atoms with E-state index in [0.717, 1.165) is 24.5 Å². The normalized spacial score (nSPS) is 12.2. The maximum Gasteiger partial charge on any atom is 0.323 e. The molecule has 0 aromatic rings. The molecule has 0 aliphatic carbocycles. The molecule has 0 aromatic carbocycles. The second-order valence-electron chi connectivity index (χ2n) is 6.79. The van der Waals surface area contributed by atoms with E-state index in [4.69, 9.17) is 9.47 Å². The summed E-state index contributed by atoms with van der Waals surface area (Å²) in [6.45, 7) is 10.3. The van der Waals surface area contributed by atoms with Crippen molar-refractivity contribution in [1.29, 1.82) is 0 Å². The van der Waals surface area contributed by atoms with Crippen LogP contribution in [0.5, 0.6) is 0 Å². The van der Waals surface area contributed by atoms with Crippen molar-refractivity contribution in [2.45, 2.75) is 59.2 Å². The number of carbonyl (C=O) groups excluding carboxylic acids is 2. The molecule has 0 fully saturated rings. The van der Waals surface area contributed by atoms with Gasteiger partial charge in [0.25, 0.3) is 0 Å². The standard InChI is InChI=1S/C18H30O4Si/c1-8-9-10-11-12-15(23(5,6)7)13-14-18(2,16(19)21-3)17(20)22-4/h13H,8-10,14H2,1-7H3/b15-13+. The first kappa shape index (κ1) is 21.5. The molecule has 0 aliphatic heterocycles. The summed E-state index contributed by atoms with van der Waals surface area (Å²) in [5, 5.41) is 1.05. The number of esters is 2.